The number of carbonyl (C=O) groups excluding carboxylic acids is 3. The Morgan fingerprint density at radius 2 is 1.67 bits per heavy atom. The maximum Gasteiger partial charge on any atom is 0.341 e. The third-order valence-electron chi connectivity index (χ3n) is 3.85. The van der Waals surface area contributed by atoms with Crippen molar-refractivity contribution in [3.63, 3.8) is 0 Å². The third-order valence-corrected chi connectivity index (χ3v) is 4.57. The molecule has 0 aliphatic rings. The second kappa shape index (κ2) is 10.6. The first kappa shape index (κ1) is 23.1. The van der Waals surface area contributed by atoms with Gasteiger partial charge in [-0.25, -0.2) is 9.59 Å². The standard InChI is InChI=1S/C20H21F2N3O4S/c1-11(2)16(17(26)25-20(23)28)29-18(27)14-5-3-4-6-15(14)24-12-7-9-13(10-8-12)30-19(21)22/h3-11,16,19,24H,1-2H3,(H3,23,25,26,28)/t16-/m1/s1. The predicted octanol–water partition coefficient (Wildman–Crippen LogP) is 4.12. The van der Waals surface area contributed by atoms with E-state index in [1.807, 2.05) is 5.32 Å². The number of anilines is 2. The second-order valence-corrected chi connectivity index (χ2v) is 7.56. The molecule has 2 aromatic carbocycles. The van der Waals surface area contributed by atoms with E-state index in [1.54, 1.807) is 44.2 Å². The van der Waals surface area contributed by atoms with Crippen LogP contribution >= 0.6 is 11.8 Å². The van der Waals surface area contributed by atoms with Gasteiger partial charge in [0, 0.05) is 10.6 Å². The Morgan fingerprint density at radius 3 is 2.23 bits per heavy atom. The Bertz CT molecular complexity index is 907. The van der Waals surface area contributed by atoms with Crippen molar-refractivity contribution in [3.05, 3.63) is 54.1 Å². The number of alkyl halides is 2. The van der Waals surface area contributed by atoms with Crippen molar-refractivity contribution >= 4 is 41.0 Å². The number of primary amides is 1. The number of esters is 1. The van der Waals surface area contributed by atoms with Gasteiger partial charge < -0.3 is 15.8 Å². The number of halogens is 2. The summed E-state index contributed by atoms with van der Waals surface area (Å²) in [5.41, 5.74) is 6.08. The summed E-state index contributed by atoms with van der Waals surface area (Å²) in [6, 6.07) is 11.7. The molecule has 0 bridgehead atoms. The molecule has 0 unspecified atom stereocenters. The molecule has 0 spiro atoms. The summed E-state index contributed by atoms with van der Waals surface area (Å²) < 4.78 is 30.2. The Hall–Kier alpha value is -3.14. The number of amides is 3. The highest BCUT2D eigenvalue weighted by molar-refractivity contribution is 7.99. The lowest BCUT2D eigenvalue weighted by molar-refractivity contribution is -0.130. The smallest absolute Gasteiger partial charge is 0.341 e. The lowest BCUT2D eigenvalue weighted by Gasteiger charge is -2.20. The van der Waals surface area contributed by atoms with Crippen molar-refractivity contribution in [1.82, 2.24) is 5.32 Å². The van der Waals surface area contributed by atoms with E-state index < -0.39 is 35.7 Å². The lowest BCUT2D eigenvalue weighted by atomic mass is 10.1. The molecule has 0 aromatic heterocycles. The number of nitrogens with one attached hydrogen (secondary N) is 2. The first-order chi connectivity index (χ1) is 14.2. The van der Waals surface area contributed by atoms with Crippen LogP contribution in [0.2, 0.25) is 0 Å². The quantitative estimate of drug-likeness (QED) is 0.423. The fraction of sp³-hybridized carbons (Fsp3) is 0.250. The zero-order valence-electron chi connectivity index (χ0n) is 16.2. The van der Waals surface area contributed by atoms with Crippen LogP contribution in [0.3, 0.4) is 0 Å². The van der Waals surface area contributed by atoms with E-state index in [1.165, 1.54) is 18.2 Å². The van der Waals surface area contributed by atoms with Crippen LogP contribution in [0.15, 0.2) is 53.4 Å². The lowest BCUT2D eigenvalue weighted by Crippen LogP contribution is -2.45. The molecule has 0 heterocycles. The van der Waals surface area contributed by atoms with Crippen LogP contribution < -0.4 is 16.4 Å². The SMILES string of the molecule is CC(C)[C@@H](OC(=O)c1ccccc1Nc1ccc(SC(F)F)cc1)C(=O)NC(N)=O. The number of rotatable bonds is 8. The summed E-state index contributed by atoms with van der Waals surface area (Å²) in [4.78, 5) is 36.1. The molecule has 0 fully saturated rings. The summed E-state index contributed by atoms with van der Waals surface area (Å²) in [6.45, 7) is 3.31. The number of para-hydroxylation sites is 1. The van der Waals surface area contributed by atoms with Crippen molar-refractivity contribution in [2.24, 2.45) is 11.7 Å². The number of hydrogen-bond donors (Lipinski definition) is 3. The van der Waals surface area contributed by atoms with Gasteiger partial charge >= 0.3 is 12.0 Å². The van der Waals surface area contributed by atoms with Gasteiger partial charge in [-0.05, 0) is 42.3 Å². The van der Waals surface area contributed by atoms with Crippen LogP contribution in [0.1, 0.15) is 24.2 Å². The van der Waals surface area contributed by atoms with Crippen molar-refractivity contribution in [1.29, 1.82) is 0 Å². The van der Waals surface area contributed by atoms with Crippen LogP contribution in [0, 0.1) is 5.92 Å². The predicted molar refractivity (Wildman–Crippen MR) is 110 cm³/mol. The molecule has 0 radical (unpaired) electrons. The van der Waals surface area contributed by atoms with Crippen molar-refractivity contribution in [3.8, 4) is 0 Å². The molecule has 3 amide bonds. The van der Waals surface area contributed by atoms with E-state index >= 15 is 0 Å². The highest BCUT2D eigenvalue weighted by atomic mass is 32.2. The minimum absolute atomic E-state index is 0.154. The number of hydrogen-bond acceptors (Lipinski definition) is 6. The Labute approximate surface area is 176 Å². The van der Waals surface area contributed by atoms with Crippen LogP contribution in [0.4, 0.5) is 25.0 Å². The number of carbonyl (C=O) groups is 3. The average Bonchev–Trinajstić information content (AvgIpc) is 2.66. The average molecular weight is 437 g/mol. The fourth-order valence-electron chi connectivity index (χ4n) is 2.51. The number of nitrogens with two attached hydrogens (primary N) is 1. The van der Waals surface area contributed by atoms with E-state index in [4.69, 9.17) is 10.5 Å². The molecule has 2 rings (SSSR count). The summed E-state index contributed by atoms with van der Waals surface area (Å²) in [5.74, 6) is -4.52. The van der Waals surface area contributed by atoms with Gasteiger partial charge in [-0.1, -0.05) is 37.7 Å². The van der Waals surface area contributed by atoms with Gasteiger partial charge in [-0.2, -0.15) is 8.78 Å². The molecular formula is C20H21F2N3O4S. The van der Waals surface area contributed by atoms with Crippen molar-refractivity contribution < 1.29 is 27.9 Å². The van der Waals surface area contributed by atoms with Crippen molar-refractivity contribution in [2.75, 3.05) is 5.32 Å². The Morgan fingerprint density at radius 1 is 1.03 bits per heavy atom. The molecule has 0 aliphatic carbocycles. The number of benzene rings is 2. The van der Waals surface area contributed by atoms with Crippen LogP contribution in [-0.4, -0.2) is 29.8 Å². The third kappa shape index (κ3) is 6.73. The van der Waals surface area contributed by atoms with Gasteiger partial charge in [0.15, 0.2) is 6.10 Å². The zero-order valence-corrected chi connectivity index (χ0v) is 17.0. The molecule has 1 atom stereocenters. The summed E-state index contributed by atoms with van der Waals surface area (Å²) in [7, 11) is 0. The second-order valence-electron chi connectivity index (χ2n) is 6.50. The fourth-order valence-corrected chi connectivity index (χ4v) is 3.01. The highest BCUT2D eigenvalue weighted by Crippen LogP contribution is 2.28. The molecule has 160 valence electrons. The molecular weight excluding hydrogens is 416 g/mol. The molecule has 7 nitrogen and oxygen atoms in total. The van der Waals surface area contributed by atoms with Gasteiger partial charge in [-0.3, -0.25) is 10.1 Å². The van der Waals surface area contributed by atoms with E-state index in [2.05, 4.69) is 5.32 Å². The summed E-state index contributed by atoms with van der Waals surface area (Å²) >= 11 is 0.432. The van der Waals surface area contributed by atoms with E-state index in [0.717, 1.165) is 0 Å². The molecule has 4 N–H and O–H groups in total. The van der Waals surface area contributed by atoms with Gasteiger partial charge in [0.2, 0.25) is 0 Å². The molecule has 10 heteroatoms. The zero-order chi connectivity index (χ0) is 22.3. The monoisotopic (exact) mass is 437 g/mol. The van der Waals surface area contributed by atoms with E-state index in [9.17, 15) is 23.2 Å². The van der Waals surface area contributed by atoms with Gasteiger partial charge in [-0.15, -0.1) is 0 Å². The number of urea groups is 1. The van der Waals surface area contributed by atoms with E-state index in [-0.39, 0.29) is 5.56 Å². The van der Waals surface area contributed by atoms with Crippen LogP contribution in [0.25, 0.3) is 0 Å². The first-order valence-corrected chi connectivity index (χ1v) is 9.77. The molecule has 0 saturated carbocycles. The van der Waals surface area contributed by atoms with Crippen molar-refractivity contribution in [2.45, 2.75) is 30.6 Å². The Kier molecular flexibility index (Phi) is 8.16. The number of ether oxygens (including phenoxy) is 1. The minimum atomic E-state index is -2.51. The summed E-state index contributed by atoms with van der Waals surface area (Å²) in [6.07, 6.45) is -1.22. The first-order valence-electron chi connectivity index (χ1n) is 8.89. The molecule has 30 heavy (non-hydrogen) atoms. The minimum Gasteiger partial charge on any atom is -0.448 e. The van der Waals surface area contributed by atoms with Gasteiger partial charge in [0.1, 0.15) is 0 Å². The van der Waals surface area contributed by atoms with Gasteiger partial charge in [0.25, 0.3) is 11.7 Å². The summed E-state index contributed by atoms with van der Waals surface area (Å²) in [5, 5.41) is 4.93. The maximum atomic E-state index is 12.7. The molecule has 0 saturated heterocycles. The topological polar surface area (TPSA) is 111 Å². The highest BCUT2D eigenvalue weighted by Gasteiger charge is 2.28. The maximum absolute atomic E-state index is 12.7. The van der Waals surface area contributed by atoms with Crippen LogP contribution in [0.5, 0.6) is 0 Å². The number of imide groups is 1. The normalized spacial score (nSPS) is 11.8. The molecule has 0 aliphatic heterocycles. The van der Waals surface area contributed by atoms with E-state index in [0.29, 0.717) is 28.0 Å². The van der Waals surface area contributed by atoms with Crippen LogP contribution in [-0.2, 0) is 9.53 Å². The van der Waals surface area contributed by atoms with Gasteiger partial charge in [0.05, 0.1) is 11.3 Å². The Balaban J connectivity index is 2.17. The molecule has 2 aromatic rings. The number of thioether (sulfide) groups is 1. The largest absolute Gasteiger partial charge is 0.448 e.